The number of hydrogen-bond acceptors (Lipinski definition) is 4. The molecule has 7 heteroatoms. The van der Waals surface area contributed by atoms with Crippen molar-refractivity contribution in [3.63, 3.8) is 0 Å². The second-order valence-corrected chi connectivity index (χ2v) is 6.68. The highest BCUT2D eigenvalue weighted by molar-refractivity contribution is 5.81. The number of halogens is 1. The van der Waals surface area contributed by atoms with Gasteiger partial charge in [0.2, 0.25) is 5.95 Å². The van der Waals surface area contributed by atoms with Crippen molar-refractivity contribution in [2.24, 2.45) is 4.99 Å². The second kappa shape index (κ2) is 7.27. The Morgan fingerprint density at radius 1 is 1.12 bits per heavy atom. The molecule has 2 unspecified atom stereocenters. The first-order chi connectivity index (χ1) is 12.8. The number of nitrogens with one attached hydrogen (secondary N) is 1. The summed E-state index contributed by atoms with van der Waals surface area (Å²) in [6, 6.07) is 9.12. The molecule has 0 spiro atoms. The molecule has 2 aromatic rings. The van der Waals surface area contributed by atoms with Crippen LogP contribution in [0.3, 0.4) is 0 Å². The molecule has 1 aliphatic carbocycles. The monoisotopic (exact) mass is 354 g/mol. The molecule has 0 bridgehead atoms. The first kappa shape index (κ1) is 16.8. The SMILES string of the molecule is CN=C(NC1CC1c1ccccc1F)N1CCN(c2ncccn2)CC1. The minimum absolute atomic E-state index is 0.117. The maximum absolute atomic E-state index is 13.9. The fourth-order valence-electron chi connectivity index (χ4n) is 3.51. The Balaban J connectivity index is 1.33. The highest BCUT2D eigenvalue weighted by atomic mass is 19.1. The summed E-state index contributed by atoms with van der Waals surface area (Å²) in [5.41, 5.74) is 0.798. The van der Waals surface area contributed by atoms with E-state index in [4.69, 9.17) is 0 Å². The molecule has 2 fully saturated rings. The van der Waals surface area contributed by atoms with E-state index in [-0.39, 0.29) is 17.8 Å². The van der Waals surface area contributed by atoms with Crippen LogP contribution in [0.15, 0.2) is 47.7 Å². The van der Waals surface area contributed by atoms with Crippen molar-refractivity contribution in [1.82, 2.24) is 20.2 Å². The smallest absolute Gasteiger partial charge is 0.225 e. The lowest BCUT2D eigenvalue weighted by molar-refractivity contribution is 0.369. The molecule has 2 aliphatic rings. The number of aliphatic imine (C=N–C) groups is 1. The first-order valence-electron chi connectivity index (χ1n) is 9.01. The van der Waals surface area contributed by atoms with E-state index in [1.165, 1.54) is 6.07 Å². The third-order valence-corrected chi connectivity index (χ3v) is 5.04. The Morgan fingerprint density at radius 2 is 1.85 bits per heavy atom. The minimum Gasteiger partial charge on any atom is -0.353 e. The molecule has 0 amide bonds. The van der Waals surface area contributed by atoms with Gasteiger partial charge in [0, 0.05) is 57.6 Å². The van der Waals surface area contributed by atoms with Crippen LogP contribution in [0.2, 0.25) is 0 Å². The zero-order chi connectivity index (χ0) is 17.9. The number of guanidine groups is 1. The van der Waals surface area contributed by atoms with Crippen molar-refractivity contribution in [2.45, 2.75) is 18.4 Å². The van der Waals surface area contributed by atoms with Gasteiger partial charge in [-0.2, -0.15) is 0 Å². The van der Waals surface area contributed by atoms with Crippen LogP contribution in [-0.4, -0.2) is 60.1 Å². The molecule has 1 aromatic heterocycles. The van der Waals surface area contributed by atoms with E-state index in [1.54, 1.807) is 25.5 Å². The van der Waals surface area contributed by atoms with Crippen LogP contribution < -0.4 is 10.2 Å². The van der Waals surface area contributed by atoms with Gasteiger partial charge in [-0.05, 0) is 24.1 Å². The van der Waals surface area contributed by atoms with Crippen LogP contribution in [0.4, 0.5) is 10.3 Å². The minimum atomic E-state index is -0.117. The lowest BCUT2D eigenvalue weighted by Crippen LogP contribution is -2.53. The van der Waals surface area contributed by atoms with E-state index in [2.05, 4.69) is 30.1 Å². The number of rotatable bonds is 3. The van der Waals surface area contributed by atoms with Gasteiger partial charge >= 0.3 is 0 Å². The van der Waals surface area contributed by atoms with Crippen LogP contribution in [0.5, 0.6) is 0 Å². The fraction of sp³-hybridized carbons (Fsp3) is 0.421. The Bertz CT molecular complexity index is 773. The molecule has 1 N–H and O–H groups in total. The average Bonchev–Trinajstić information content (AvgIpc) is 3.46. The lowest BCUT2D eigenvalue weighted by Gasteiger charge is -2.36. The van der Waals surface area contributed by atoms with Gasteiger partial charge < -0.3 is 15.1 Å². The number of nitrogens with zero attached hydrogens (tertiary/aromatic N) is 5. The molecule has 26 heavy (non-hydrogen) atoms. The zero-order valence-corrected chi connectivity index (χ0v) is 14.8. The van der Waals surface area contributed by atoms with E-state index < -0.39 is 0 Å². The normalized spacial score (nSPS) is 23.1. The van der Waals surface area contributed by atoms with Gasteiger partial charge in [0.25, 0.3) is 0 Å². The summed E-state index contributed by atoms with van der Waals surface area (Å²) in [4.78, 5) is 17.5. The third-order valence-electron chi connectivity index (χ3n) is 5.04. The summed E-state index contributed by atoms with van der Waals surface area (Å²) in [7, 11) is 1.80. The maximum Gasteiger partial charge on any atom is 0.225 e. The quantitative estimate of drug-likeness (QED) is 0.674. The van der Waals surface area contributed by atoms with Gasteiger partial charge in [-0.3, -0.25) is 4.99 Å². The summed E-state index contributed by atoms with van der Waals surface area (Å²) in [5, 5.41) is 3.50. The van der Waals surface area contributed by atoms with Gasteiger partial charge in [0.05, 0.1) is 0 Å². The topological polar surface area (TPSA) is 56.7 Å². The lowest BCUT2D eigenvalue weighted by atomic mass is 10.1. The molecule has 2 heterocycles. The van der Waals surface area contributed by atoms with E-state index in [9.17, 15) is 4.39 Å². The molecule has 2 atom stereocenters. The van der Waals surface area contributed by atoms with Crippen LogP contribution in [-0.2, 0) is 0 Å². The Kier molecular flexibility index (Phi) is 4.69. The largest absolute Gasteiger partial charge is 0.353 e. The van der Waals surface area contributed by atoms with Crippen LogP contribution >= 0.6 is 0 Å². The second-order valence-electron chi connectivity index (χ2n) is 6.68. The summed E-state index contributed by atoms with van der Waals surface area (Å²) in [6.07, 6.45) is 4.48. The molecule has 1 saturated carbocycles. The van der Waals surface area contributed by atoms with Crippen LogP contribution in [0, 0.1) is 5.82 Å². The summed E-state index contributed by atoms with van der Waals surface area (Å²) in [5.74, 6) is 1.78. The number of piperazine rings is 1. The van der Waals surface area contributed by atoms with Crippen LogP contribution in [0.1, 0.15) is 17.9 Å². The van der Waals surface area contributed by atoms with E-state index >= 15 is 0 Å². The number of hydrogen-bond donors (Lipinski definition) is 1. The number of anilines is 1. The van der Waals surface area contributed by atoms with E-state index in [0.717, 1.165) is 50.1 Å². The molecular formula is C19H23FN6. The third kappa shape index (κ3) is 3.47. The predicted molar refractivity (Wildman–Crippen MR) is 99.9 cm³/mol. The van der Waals surface area contributed by atoms with Gasteiger partial charge in [-0.15, -0.1) is 0 Å². The molecular weight excluding hydrogens is 331 g/mol. The summed E-state index contributed by atoms with van der Waals surface area (Å²) < 4.78 is 13.9. The molecule has 1 aliphatic heterocycles. The van der Waals surface area contributed by atoms with Crippen molar-refractivity contribution >= 4 is 11.9 Å². The fourth-order valence-corrected chi connectivity index (χ4v) is 3.51. The van der Waals surface area contributed by atoms with Crippen LogP contribution in [0.25, 0.3) is 0 Å². The summed E-state index contributed by atoms with van der Waals surface area (Å²) in [6.45, 7) is 3.42. The molecule has 4 rings (SSSR count). The Labute approximate surface area is 152 Å². The molecule has 1 aromatic carbocycles. The summed E-state index contributed by atoms with van der Waals surface area (Å²) >= 11 is 0. The van der Waals surface area contributed by atoms with Gasteiger partial charge in [-0.25, -0.2) is 14.4 Å². The predicted octanol–water partition coefficient (Wildman–Crippen LogP) is 1.87. The van der Waals surface area contributed by atoms with Crippen molar-refractivity contribution in [3.8, 4) is 0 Å². The maximum atomic E-state index is 13.9. The van der Waals surface area contributed by atoms with Gasteiger partial charge in [0.1, 0.15) is 5.82 Å². The molecule has 136 valence electrons. The average molecular weight is 354 g/mol. The van der Waals surface area contributed by atoms with Crippen molar-refractivity contribution in [3.05, 3.63) is 54.1 Å². The Morgan fingerprint density at radius 3 is 2.54 bits per heavy atom. The van der Waals surface area contributed by atoms with Crippen molar-refractivity contribution in [1.29, 1.82) is 0 Å². The molecule has 6 nitrogen and oxygen atoms in total. The zero-order valence-electron chi connectivity index (χ0n) is 14.8. The Hall–Kier alpha value is -2.70. The van der Waals surface area contributed by atoms with E-state index in [1.807, 2.05) is 18.2 Å². The van der Waals surface area contributed by atoms with Crippen molar-refractivity contribution in [2.75, 3.05) is 38.1 Å². The van der Waals surface area contributed by atoms with Crippen molar-refractivity contribution < 1.29 is 4.39 Å². The highest BCUT2D eigenvalue weighted by Gasteiger charge is 2.41. The first-order valence-corrected chi connectivity index (χ1v) is 9.01. The molecule has 0 radical (unpaired) electrons. The molecule has 1 saturated heterocycles. The van der Waals surface area contributed by atoms with Gasteiger partial charge in [0.15, 0.2) is 5.96 Å². The van der Waals surface area contributed by atoms with E-state index in [0.29, 0.717) is 0 Å². The van der Waals surface area contributed by atoms with Gasteiger partial charge in [-0.1, -0.05) is 18.2 Å². The number of aromatic nitrogens is 2. The number of benzene rings is 1. The standard InChI is InChI=1S/C19H23FN6/c1-21-18(24-17-13-15(17)14-5-2-3-6-16(14)20)25-9-11-26(12-10-25)19-22-7-4-8-23-19/h2-8,15,17H,9-13H2,1H3,(H,21,24). The highest BCUT2D eigenvalue weighted by Crippen LogP contribution is 2.41.